The van der Waals surface area contributed by atoms with Gasteiger partial charge in [0.1, 0.15) is 5.75 Å². The molecular formula is C17H21NO. The Bertz CT molecular complexity index is 510. The van der Waals surface area contributed by atoms with Crippen molar-refractivity contribution in [3.63, 3.8) is 0 Å². The molecule has 2 aromatic rings. The zero-order valence-corrected chi connectivity index (χ0v) is 11.5. The molecule has 2 rings (SSSR count). The summed E-state index contributed by atoms with van der Waals surface area (Å²) in [7, 11) is 0. The molecule has 19 heavy (non-hydrogen) atoms. The van der Waals surface area contributed by atoms with Crippen LogP contribution < -0.4 is 10.5 Å². The van der Waals surface area contributed by atoms with Gasteiger partial charge in [0.15, 0.2) is 0 Å². The molecule has 2 atom stereocenters. The van der Waals surface area contributed by atoms with Gasteiger partial charge in [-0.05, 0) is 30.2 Å². The molecule has 0 saturated heterocycles. The lowest BCUT2D eigenvalue weighted by Crippen LogP contribution is -2.17. The molecule has 2 heteroatoms. The van der Waals surface area contributed by atoms with E-state index in [1.807, 2.05) is 31.2 Å². The lowest BCUT2D eigenvalue weighted by atomic mass is 9.89. The molecule has 0 aromatic heterocycles. The minimum absolute atomic E-state index is 0.0252. The third-order valence-electron chi connectivity index (χ3n) is 3.42. The average molecular weight is 255 g/mol. The molecule has 0 bridgehead atoms. The van der Waals surface area contributed by atoms with E-state index in [0.717, 1.165) is 11.3 Å². The molecule has 2 aromatic carbocycles. The zero-order valence-electron chi connectivity index (χ0n) is 11.5. The lowest BCUT2D eigenvalue weighted by Gasteiger charge is -2.21. The highest BCUT2D eigenvalue weighted by atomic mass is 16.5. The zero-order chi connectivity index (χ0) is 13.7. The van der Waals surface area contributed by atoms with E-state index in [4.69, 9.17) is 10.5 Å². The molecule has 0 aliphatic rings. The molecule has 0 radical (unpaired) electrons. The molecular weight excluding hydrogens is 234 g/mol. The van der Waals surface area contributed by atoms with Crippen molar-refractivity contribution in [1.82, 2.24) is 0 Å². The van der Waals surface area contributed by atoms with E-state index in [9.17, 15) is 0 Å². The second-order valence-corrected chi connectivity index (χ2v) is 4.73. The maximum Gasteiger partial charge on any atom is 0.119 e. The van der Waals surface area contributed by atoms with Crippen LogP contribution in [0.3, 0.4) is 0 Å². The minimum atomic E-state index is -0.0252. The second kappa shape index (κ2) is 6.39. The number of hydrogen-bond acceptors (Lipinski definition) is 2. The minimum Gasteiger partial charge on any atom is -0.494 e. The number of rotatable bonds is 5. The van der Waals surface area contributed by atoms with Gasteiger partial charge in [-0.2, -0.15) is 0 Å². The van der Waals surface area contributed by atoms with Gasteiger partial charge in [-0.1, -0.05) is 49.4 Å². The summed E-state index contributed by atoms with van der Waals surface area (Å²) in [6.07, 6.45) is 0. The van der Waals surface area contributed by atoms with Crippen LogP contribution in [0.1, 0.15) is 36.9 Å². The van der Waals surface area contributed by atoms with E-state index in [1.54, 1.807) is 0 Å². The van der Waals surface area contributed by atoms with Crippen molar-refractivity contribution in [1.29, 1.82) is 0 Å². The molecule has 100 valence electrons. The maximum atomic E-state index is 6.38. The third-order valence-corrected chi connectivity index (χ3v) is 3.42. The number of nitrogens with two attached hydrogens (primary N) is 1. The fourth-order valence-corrected chi connectivity index (χ4v) is 2.23. The Hall–Kier alpha value is -1.80. The molecule has 0 amide bonds. The van der Waals surface area contributed by atoms with Crippen molar-refractivity contribution in [3.05, 3.63) is 65.7 Å². The second-order valence-electron chi connectivity index (χ2n) is 4.73. The number of hydrogen-bond donors (Lipinski definition) is 1. The predicted octanol–water partition coefficient (Wildman–Crippen LogP) is 3.89. The Labute approximate surface area is 115 Å². The molecule has 2 unspecified atom stereocenters. The largest absolute Gasteiger partial charge is 0.494 e. The van der Waals surface area contributed by atoms with E-state index in [1.165, 1.54) is 5.56 Å². The van der Waals surface area contributed by atoms with Crippen molar-refractivity contribution >= 4 is 0 Å². The smallest absolute Gasteiger partial charge is 0.119 e. The van der Waals surface area contributed by atoms with E-state index < -0.39 is 0 Å². The van der Waals surface area contributed by atoms with Crippen molar-refractivity contribution < 1.29 is 4.74 Å². The van der Waals surface area contributed by atoms with Gasteiger partial charge in [-0.15, -0.1) is 0 Å². The highest BCUT2D eigenvalue weighted by molar-refractivity contribution is 5.33. The summed E-state index contributed by atoms with van der Waals surface area (Å²) in [5, 5.41) is 0. The predicted molar refractivity (Wildman–Crippen MR) is 79.4 cm³/mol. The molecule has 2 N–H and O–H groups in total. The standard InChI is InChI=1S/C17H21NO/c1-3-19-16-11-7-10-15(12-16)17(18)13(2)14-8-5-4-6-9-14/h4-13,17H,3,18H2,1-2H3. The highest BCUT2D eigenvalue weighted by Gasteiger charge is 2.16. The first-order chi connectivity index (χ1) is 9.22. The van der Waals surface area contributed by atoms with Crippen LogP contribution in [0.15, 0.2) is 54.6 Å². The van der Waals surface area contributed by atoms with E-state index in [2.05, 4.69) is 37.3 Å². The van der Waals surface area contributed by atoms with Crippen molar-refractivity contribution in [2.24, 2.45) is 5.73 Å². The Kier molecular flexibility index (Phi) is 4.58. The van der Waals surface area contributed by atoms with Gasteiger partial charge in [0.2, 0.25) is 0 Å². The van der Waals surface area contributed by atoms with E-state index >= 15 is 0 Å². The summed E-state index contributed by atoms with van der Waals surface area (Å²) in [5.74, 6) is 1.16. The van der Waals surface area contributed by atoms with Crippen molar-refractivity contribution in [3.8, 4) is 5.75 Å². The first-order valence-corrected chi connectivity index (χ1v) is 6.75. The van der Waals surface area contributed by atoms with Gasteiger partial charge in [0, 0.05) is 12.0 Å². The van der Waals surface area contributed by atoms with Gasteiger partial charge in [-0.3, -0.25) is 0 Å². The Morgan fingerprint density at radius 3 is 2.37 bits per heavy atom. The molecule has 2 nitrogen and oxygen atoms in total. The normalized spacial score (nSPS) is 13.8. The molecule has 0 aliphatic heterocycles. The number of ether oxygens (including phenoxy) is 1. The first kappa shape index (κ1) is 13.6. The topological polar surface area (TPSA) is 35.2 Å². The van der Waals surface area contributed by atoms with Gasteiger partial charge in [0.05, 0.1) is 6.61 Å². The number of benzene rings is 2. The summed E-state index contributed by atoms with van der Waals surface area (Å²) in [5.41, 5.74) is 8.75. The van der Waals surface area contributed by atoms with Crippen molar-refractivity contribution in [2.45, 2.75) is 25.8 Å². The summed E-state index contributed by atoms with van der Waals surface area (Å²) >= 11 is 0. The summed E-state index contributed by atoms with van der Waals surface area (Å²) in [4.78, 5) is 0. The van der Waals surface area contributed by atoms with Crippen LogP contribution in [-0.4, -0.2) is 6.61 Å². The summed E-state index contributed by atoms with van der Waals surface area (Å²) in [6, 6.07) is 18.4. The van der Waals surface area contributed by atoms with Crippen molar-refractivity contribution in [2.75, 3.05) is 6.61 Å². The maximum absolute atomic E-state index is 6.38. The molecule has 0 heterocycles. The fourth-order valence-electron chi connectivity index (χ4n) is 2.23. The van der Waals surface area contributed by atoms with Gasteiger partial charge in [0.25, 0.3) is 0 Å². The van der Waals surface area contributed by atoms with Crippen LogP contribution in [0.25, 0.3) is 0 Å². The third kappa shape index (κ3) is 3.36. The van der Waals surface area contributed by atoms with Gasteiger partial charge in [-0.25, -0.2) is 0 Å². The average Bonchev–Trinajstić information content (AvgIpc) is 2.47. The molecule has 0 aliphatic carbocycles. The van der Waals surface area contributed by atoms with Crippen LogP contribution in [0, 0.1) is 0 Å². The fraction of sp³-hybridized carbons (Fsp3) is 0.294. The molecule has 0 fully saturated rings. The lowest BCUT2D eigenvalue weighted by molar-refractivity contribution is 0.339. The SMILES string of the molecule is CCOc1cccc(C(N)C(C)c2ccccc2)c1. The monoisotopic (exact) mass is 255 g/mol. The Morgan fingerprint density at radius 1 is 1.00 bits per heavy atom. The van der Waals surface area contributed by atoms with Crippen LogP contribution in [-0.2, 0) is 0 Å². The molecule has 0 spiro atoms. The Balaban J connectivity index is 2.19. The van der Waals surface area contributed by atoms with Gasteiger partial charge >= 0.3 is 0 Å². The highest BCUT2D eigenvalue weighted by Crippen LogP contribution is 2.30. The van der Waals surface area contributed by atoms with Crippen LogP contribution in [0.2, 0.25) is 0 Å². The first-order valence-electron chi connectivity index (χ1n) is 6.75. The molecule has 0 saturated carbocycles. The van der Waals surface area contributed by atoms with E-state index in [0.29, 0.717) is 6.61 Å². The van der Waals surface area contributed by atoms with E-state index in [-0.39, 0.29) is 12.0 Å². The quantitative estimate of drug-likeness (QED) is 0.879. The van der Waals surface area contributed by atoms with Crippen LogP contribution in [0.4, 0.5) is 0 Å². The van der Waals surface area contributed by atoms with Crippen LogP contribution in [0.5, 0.6) is 5.75 Å². The summed E-state index contributed by atoms with van der Waals surface area (Å²) in [6.45, 7) is 4.82. The van der Waals surface area contributed by atoms with Crippen LogP contribution >= 0.6 is 0 Å². The van der Waals surface area contributed by atoms with Gasteiger partial charge < -0.3 is 10.5 Å². The summed E-state index contributed by atoms with van der Waals surface area (Å²) < 4.78 is 5.53. The Morgan fingerprint density at radius 2 is 1.68 bits per heavy atom.